The van der Waals surface area contributed by atoms with Crippen molar-refractivity contribution in [2.75, 3.05) is 5.88 Å². The lowest BCUT2D eigenvalue weighted by Crippen LogP contribution is -2.12. The summed E-state index contributed by atoms with van der Waals surface area (Å²) in [6.07, 6.45) is 0. The number of amidine groups is 1. The van der Waals surface area contributed by atoms with Gasteiger partial charge in [0.15, 0.2) is 5.75 Å². The summed E-state index contributed by atoms with van der Waals surface area (Å²) < 4.78 is 29.1. The van der Waals surface area contributed by atoms with Gasteiger partial charge in [-0.25, -0.2) is 4.99 Å². The first-order chi connectivity index (χ1) is 7.52. The molecule has 0 aliphatic heterocycles. The predicted octanol–water partition coefficient (Wildman–Crippen LogP) is 3.28. The monoisotopic (exact) mass is 312 g/mol. The average molecular weight is 314 g/mol. The van der Waals surface area contributed by atoms with E-state index in [1.807, 2.05) is 0 Å². The fraction of sp³-hybridized carbons (Fsp3) is 0.222. The minimum atomic E-state index is -2.92. The molecule has 0 saturated heterocycles. The number of aliphatic imine (C=N–C) groups is 1. The molecular weight excluding hydrogens is 305 g/mol. The molecule has 0 fully saturated rings. The lowest BCUT2D eigenvalue weighted by Gasteiger charge is -2.08. The highest BCUT2D eigenvalue weighted by Gasteiger charge is 2.10. The van der Waals surface area contributed by atoms with E-state index in [4.69, 9.17) is 17.3 Å². The molecule has 1 aromatic rings. The van der Waals surface area contributed by atoms with Crippen LogP contribution in [0, 0.1) is 0 Å². The molecule has 7 heteroatoms. The Morgan fingerprint density at radius 3 is 2.81 bits per heavy atom. The van der Waals surface area contributed by atoms with E-state index in [-0.39, 0.29) is 23.2 Å². The molecule has 0 spiro atoms. The van der Waals surface area contributed by atoms with Gasteiger partial charge >= 0.3 is 6.61 Å². The third-order valence-electron chi connectivity index (χ3n) is 1.54. The van der Waals surface area contributed by atoms with Gasteiger partial charge in [0.05, 0.1) is 5.88 Å². The largest absolute Gasteiger partial charge is 0.432 e. The molecule has 88 valence electrons. The second-order valence-electron chi connectivity index (χ2n) is 2.73. The maximum absolute atomic E-state index is 12.1. The van der Waals surface area contributed by atoms with E-state index < -0.39 is 6.61 Å². The number of alkyl halides is 3. The van der Waals surface area contributed by atoms with Crippen molar-refractivity contribution in [3.05, 3.63) is 22.7 Å². The van der Waals surface area contributed by atoms with Crippen LogP contribution in [0.4, 0.5) is 14.5 Å². The van der Waals surface area contributed by atoms with E-state index >= 15 is 0 Å². The molecule has 3 nitrogen and oxygen atoms in total. The van der Waals surface area contributed by atoms with Crippen molar-refractivity contribution in [3.63, 3.8) is 0 Å². The van der Waals surface area contributed by atoms with Crippen LogP contribution in [0.15, 0.2) is 27.7 Å². The molecule has 0 saturated carbocycles. The van der Waals surface area contributed by atoms with Crippen LogP contribution in [0.3, 0.4) is 0 Å². The molecule has 0 unspecified atom stereocenters. The van der Waals surface area contributed by atoms with Crippen LogP contribution < -0.4 is 10.5 Å². The Bertz CT molecular complexity index is 401. The summed E-state index contributed by atoms with van der Waals surface area (Å²) in [6, 6.07) is 4.52. The highest BCUT2D eigenvalue weighted by Crippen LogP contribution is 2.32. The molecule has 1 rings (SSSR count). The number of nitrogens with zero attached hydrogens (tertiary/aromatic N) is 1. The fourth-order valence-electron chi connectivity index (χ4n) is 0.955. The van der Waals surface area contributed by atoms with Gasteiger partial charge in [-0.05, 0) is 18.2 Å². The zero-order valence-corrected chi connectivity index (χ0v) is 10.3. The highest BCUT2D eigenvalue weighted by molar-refractivity contribution is 9.10. The van der Waals surface area contributed by atoms with Crippen molar-refractivity contribution in [1.29, 1.82) is 0 Å². The van der Waals surface area contributed by atoms with Crippen molar-refractivity contribution in [2.45, 2.75) is 6.61 Å². The number of rotatable bonds is 4. The smallest absolute Gasteiger partial charge is 0.387 e. The quantitative estimate of drug-likeness (QED) is 0.527. The number of benzene rings is 1. The number of ether oxygens (including phenoxy) is 1. The van der Waals surface area contributed by atoms with Gasteiger partial charge < -0.3 is 10.5 Å². The zero-order chi connectivity index (χ0) is 12.1. The van der Waals surface area contributed by atoms with Crippen LogP contribution in [-0.2, 0) is 0 Å². The van der Waals surface area contributed by atoms with E-state index in [1.54, 1.807) is 6.07 Å². The lowest BCUT2D eigenvalue weighted by molar-refractivity contribution is -0.0494. The molecule has 0 aliphatic carbocycles. The van der Waals surface area contributed by atoms with Crippen LogP contribution in [0.2, 0.25) is 0 Å². The highest BCUT2D eigenvalue weighted by atomic mass is 79.9. The van der Waals surface area contributed by atoms with Crippen LogP contribution >= 0.6 is 27.5 Å². The van der Waals surface area contributed by atoms with Crippen LogP contribution in [0.25, 0.3) is 0 Å². The summed E-state index contributed by atoms with van der Waals surface area (Å²) >= 11 is 8.58. The molecule has 0 aliphatic rings. The van der Waals surface area contributed by atoms with Crippen molar-refractivity contribution in [1.82, 2.24) is 0 Å². The van der Waals surface area contributed by atoms with Gasteiger partial charge in [0.2, 0.25) is 0 Å². The Morgan fingerprint density at radius 1 is 1.56 bits per heavy atom. The molecule has 0 bridgehead atoms. The molecule has 0 amide bonds. The van der Waals surface area contributed by atoms with Gasteiger partial charge in [-0.3, -0.25) is 0 Å². The standard InChI is InChI=1S/C9H8BrClF2N2O/c10-5-1-2-6(15-8(14)4-11)7(3-5)16-9(12)13/h1-3,9H,4H2,(H2,14,15). The van der Waals surface area contributed by atoms with Gasteiger partial charge in [0.25, 0.3) is 0 Å². The predicted molar refractivity (Wildman–Crippen MR) is 62.8 cm³/mol. The van der Waals surface area contributed by atoms with Crippen molar-refractivity contribution >= 4 is 39.1 Å². The second-order valence-corrected chi connectivity index (χ2v) is 3.91. The van der Waals surface area contributed by atoms with Crippen molar-refractivity contribution in [2.24, 2.45) is 10.7 Å². The van der Waals surface area contributed by atoms with Gasteiger partial charge in [-0.1, -0.05) is 15.9 Å². The van der Waals surface area contributed by atoms with Gasteiger partial charge in [0.1, 0.15) is 11.5 Å². The summed E-state index contributed by atoms with van der Waals surface area (Å²) in [5.41, 5.74) is 5.62. The normalized spacial score (nSPS) is 11.9. The summed E-state index contributed by atoms with van der Waals surface area (Å²) in [7, 11) is 0. The lowest BCUT2D eigenvalue weighted by atomic mass is 10.3. The summed E-state index contributed by atoms with van der Waals surface area (Å²) in [6.45, 7) is -2.92. The van der Waals surface area contributed by atoms with E-state index in [1.165, 1.54) is 12.1 Å². The molecule has 0 aromatic heterocycles. The third-order valence-corrected chi connectivity index (χ3v) is 2.31. The molecule has 1 aromatic carbocycles. The molecule has 0 heterocycles. The summed E-state index contributed by atoms with van der Waals surface area (Å²) in [5.74, 6) is 0.0880. The first-order valence-electron chi connectivity index (χ1n) is 4.16. The first-order valence-corrected chi connectivity index (χ1v) is 5.49. The van der Waals surface area contributed by atoms with Crippen molar-refractivity contribution in [3.8, 4) is 5.75 Å². The number of nitrogens with two attached hydrogens (primary N) is 1. The number of hydrogen-bond donors (Lipinski definition) is 1. The molecular formula is C9H8BrClF2N2O. The Balaban J connectivity index is 3.07. The van der Waals surface area contributed by atoms with E-state index in [9.17, 15) is 8.78 Å². The average Bonchev–Trinajstić information content (AvgIpc) is 2.21. The second kappa shape index (κ2) is 6.00. The SMILES string of the molecule is NC(CCl)=Nc1ccc(Br)cc1OC(F)F. The molecule has 2 N–H and O–H groups in total. The van der Waals surface area contributed by atoms with E-state index in [2.05, 4.69) is 25.7 Å². The maximum Gasteiger partial charge on any atom is 0.387 e. The molecule has 16 heavy (non-hydrogen) atoms. The van der Waals surface area contributed by atoms with E-state index in [0.717, 1.165) is 0 Å². The summed E-state index contributed by atoms with van der Waals surface area (Å²) in [5, 5.41) is 0. The third kappa shape index (κ3) is 3.94. The van der Waals surface area contributed by atoms with Gasteiger partial charge in [-0.2, -0.15) is 8.78 Å². The van der Waals surface area contributed by atoms with Crippen LogP contribution in [-0.4, -0.2) is 18.3 Å². The van der Waals surface area contributed by atoms with E-state index in [0.29, 0.717) is 4.47 Å². The topological polar surface area (TPSA) is 47.6 Å². The fourth-order valence-corrected chi connectivity index (χ4v) is 1.36. The van der Waals surface area contributed by atoms with Crippen LogP contribution in [0.5, 0.6) is 5.75 Å². The van der Waals surface area contributed by atoms with Gasteiger partial charge in [-0.15, -0.1) is 11.6 Å². The first kappa shape index (κ1) is 13.2. The van der Waals surface area contributed by atoms with Gasteiger partial charge in [0, 0.05) is 4.47 Å². The van der Waals surface area contributed by atoms with Crippen molar-refractivity contribution < 1.29 is 13.5 Å². The minimum Gasteiger partial charge on any atom is -0.432 e. The number of halogens is 4. The Labute approximate surface area is 104 Å². The Kier molecular flexibility index (Phi) is 4.95. The Morgan fingerprint density at radius 2 is 2.25 bits per heavy atom. The zero-order valence-electron chi connectivity index (χ0n) is 7.96. The summed E-state index contributed by atoms with van der Waals surface area (Å²) in [4.78, 5) is 3.85. The Hall–Kier alpha value is -0.880. The van der Waals surface area contributed by atoms with Crippen LogP contribution in [0.1, 0.15) is 0 Å². The molecule has 0 atom stereocenters. The minimum absolute atomic E-state index is 0.0180. The molecule has 0 radical (unpaired) electrons. The number of hydrogen-bond acceptors (Lipinski definition) is 2. The maximum atomic E-state index is 12.1.